The summed E-state index contributed by atoms with van der Waals surface area (Å²) in [5.41, 5.74) is 2.10. The third-order valence-electron chi connectivity index (χ3n) is 2.90. The second kappa shape index (κ2) is 7.28. The molecule has 0 spiro atoms. The Morgan fingerprint density at radius 1 is 1.35 bits per heavy atom. The van der Waals surface area contributed by atoms with Gasteiger partial charge in [0, 0.05) is 6.07 Å². The molecule has 1 N–H and O–H groups in total. The van der Waals surface area contributed by atoms with Crippen molar-refractivity contribution in [2.24, 2.45) is 0 Å². The summed E-state index contributed by atoms with van der Waals surface area (Å²) >= 11 is 0. The van der Waals surface area contributed by atoms with Crippen LogP contribution in [0.25, 0.3) is 0 Å². The standard InChI is InChI=1S/C15H16F3N3O2/c1-11-3-2-4-12(7-11)8-21-13(5-6-19-21)20-14(22)9-23-10-15(16,17)18/h2-7H,8-10H2,1H3,(H,20,22). The minimum Gasteiger partial charge on any atom is -0.362 e. The highest BCUT2D eigenvalue weighted by molar-refractivity contribution is 5.90. The van der Waals surface area contributed by atoms with Crippen LogP contribution in [0.2, 0.25) is 0 Å². The van der Waals surface area contributed by atoms with Crippen molar-refractivity contribution in [3.05, 3.63) is 47.7 Å². The average molecular weight is 327 g/mol. The molecular formula is C15H16F3N3O2. The topological polar surface area (TPSA) is 56.2 Å². The second-order valence-corrected chi connectivity index (χ2v) is 5.02. The van der Waals surface area contributed by atoms with Crippen molar-refractivity contribution in [1.29, 1.82) is 0 Å². The molecule has 0 saturated carbocycles. The average Bonchev–Trinajstić information content (AvgIpc) is 2.84. The third kappa shape index (κ3) is 5.74. The first-order chi connectivity index (χ1) is 10.8. The van der Waals surface area contributed by atoms with Crippen LogP contribution in [0.3, 0.4) is 0 Å². The molecule has 2 rings (SSSR count). The Kier molecular flexibility index (Phi) is 5.38. The van der Waals surface area contributed by atoms with Crippen LogP contribution in [0.1, 0.15) is 11.1 Å². The van der Waals surface area contributed by atoms with Crippen LogP contribution in [0, 0.1) is 6.92 Å². The van der Waals surface area contributed by atoms with Gasteiger partial charge in [-0.2, -0.15) is 18.3 Å². The summed E-state index contributed by atoms with van der Waals surface area (Å²) < 4.78 is 41.7. The Bertz CT molecular complexity index is 668. The minimum atomic E-state index is -4.45. The van der Waals surface area contributed by atoms with Crippen LogP contribution in [-0.4, -0.2) is 35.1 Å². The van der Waals surface area contributed by atoms with Crippen LogP contribution in [0.15, 0.2) is 36.5 Å². The summed E-state index contributed by atoms with van der Waals surface area (Å²) in [4.78, 5) is 11.6. The number of benzene rings is 1. The maximum absolute atomic E-state index is 12.0. The predicted molar refractivity (Wildman–Crippen MR) is 78.0 cm³/mol. The molecular weight excluding hydrogens is 311 g/mol. The van der Waals surface area contributed by atoms with E-state index in [-0.39, 0.29) is 0 Å². The first-order valence-corrected chi connectivity index (χ1v) is 6.85. The predicted octanol–water partition coefficient (Wildman–Crippen LogP) is 2.76. The molecule has 2 aromatic rings. The van der Waals surface area contributed by atoms with E-state index in [4.69, 9.17) is 0 Å². The Labute approximate surface area is 131 Å². The highest BCUT2D eigenvalue weighted by Gasteiger charge is 2.27. The molecule has 0 bridgehead atoms. The molecule has 0 unspecified atom stereocenters. The smallest absolute Gasteiger partial charge is 0.362 e. The van der Waals surface area contributed by atoms with E-state index in [2.05, 4.69) is 15.2 Å². The Morgan fingerprint density at radius 3 is 2.83 bits per heavy atom. The maximum Gasteiger partial charge on any atom is 0.411 e. The van der Waals surface area contributed by atoms with Gasteiger partial charge in [-0.15, -0.1) is 0 Å². The van der Waals surface area contributed by atoms with Gasteiger partial charge in [0.2, 0.25) is 0 Å². The van der Waals surface area contributed by atoms with Gasteiger partial charge in [0.25, 0.3) is 5.91 Å². The summed E-state index contributed by atoms with van der Waals surface area (Å²) in [6.07, 6.45) is -2.95. The number of carbonyl (C=O) groups excluding carboxylic acids is 1. The largest absolute Gasteiger partial charge is 0.411 e. The van der Waals surface area contributed by atoms with Crippen LogP contribution in [-0.2, 0) is 16.1 Å². The van der Waals surface area contributed by atoms with Crippen LogP contribution < -0.4 is 5.32 Å². The van der Waals surface area contributed by atoms with E-state index in [1.165, 1.54) is 6.20 Å². The van der Waals surface area contributed by atoms with Gasteiger partial charge < -0.3 is 10.1 Å². The number of aromatic nitrogens is 2. The Morgan fingerprint density at radius 2 is 2.13 bits per heavy atom. The number of carbonyl (C=O) groups is 1. The fourth-order valence-electron chi connectivity index (χ4n) is 1.99. The van der Waals surface area contributed by atoms with Crippen molar-refractivity contribution < 1.29 is 22.7 Å². The van der Waals surface area contributed by atoms with E-state index in [0.717, 1.165) is 11.1 Å². The molecule has 1 heterocycles. The summed E-state index contributed by atoms with van der Waals surface area (Å²) in [6, 6.07) is 9.36. The third-order valence-corrected chi connectivity index (χ3v) is 2.90. The number of anilines is 1. The summed E-state index contributed by atoms with van der Waals surface area (Å²) in [5, 5.41) is 6.58. The molecule has 23 heavy (non-hydrogen) atoms. The van der Waals surface area contributed by atoms with Gasteiger partial charge in [0.05, 0.1) is 12.7 Å². The Balaban J connectivity index is 1.92. The lowest BCUT2D eigenvalue weighted by atomic mass is 10.1. The molecule has 0 saturated heterocycles. The van der Waals surface area contributed by atoms with Crippen LogP contribution in [0.5, 0.6) is 0 Å². The van der Waals surface area contributed by atoms with Gasteiger partial charge in [-0.3, -0.25) is 4.79 Å². The van der Waals surface area contributed by atoms with Gasteiger partial charge in [-0.1, -0.05) is 29.8 Å². The summed E-state index contributed by atoms with van der Waals surface area (Å²) in [6.45, 7) is 0.277. The zero-order valence-electron chi connectivity index (χ0n) is 12.4. The fraction of sp³-hybridized carbons (Fsp3) is 0.333. The molecule has 0 radical (unpaired) electrons. The normalized spacial score (nSPS) is 11.5. The number of amides is 1. The van der Waals surface area contributed by atoms with E-state index in [9.17, 15) is 18.0 Å². The first-order valence-electron chi connectivity index (χ1n) is 6.85. The van der Waals surface area contributed by atoms with Gasteiger partial charge in [-0.25, -0.2) is 4.68 Å². The lowest BCUT2D eigenvalue weighted by molar-refractivity contribution is -0.174. The van der Waals surface area contributed by atoms with Crippen molar-refractivity contribution >= 4 is 11.7 Å². The molecule has 0 atom stereocenters. The molecule has 5 nitrogen and oxygen atoms in total. The van der Waals surface area contributed by atoms with Crippen molar-refractivity contribution in [2.45, 2.75) is 19.6 Å². The lowest BCUT2D eigenvalue weighted by Gasteiger charge is -2.10. The molecule has 1 aromatic carbocycles. The highest BCUT2D eigenvalue weighted by atomic mass is 19.4. The van der Waals surface area contributed by atoms with Crippen molar-refractivity contribution in [1.82, 2.24) is 9.78 Å². The molecule has 0 fully saturated rings. The molecule has 0 aliphatic rings. The molecule has 0 aliphatic carbocycles. The molecule has 124 valence electrons. The Hall–Kier alpha value is -2.35. The number of halogens is 3. The molecule has 8 heteroatoms. The van der Waals surface area contributed by atoms with Gasteiger partial charge in [0.15, 0.2) is 0 Å². The van der Waals surface area contributed by atoms with Gasteiger partial charge >= 0.3 is 6.18 Å². The van der Waals surface area contributed by atoms with Crippen molar-refractivity contribution in [2.75, 3.05) is 18.5 Å². The molecule has 1 aromatic heterocycles. The zero-order chi connectivity index (χ0) is 16.9. The molecule has 0 aliphatic heterocycles. The zero-order valence-corrected chi connectivity index (χ0v) is 12.4. The number of rotatable bonds is 6. The van der Waals surface area contributed by atoms with Crippen molar-refractivity contribution in [3.8, 4) is 0 Å². The quantitative estimate of drug-likeness (QED) is 0.887. The van der Waals surface area contributed by atoms with Gasteiger partial charge in [-0.05, 0) is 12.5 Å². The highest BCUT2D eigenvalue weighted by Crippen LogP contribution is 2.15. The van der Waals surface area contributed by atoms with Gasteiger partial charge in [0.1, 0.15) is 19.0 Å². The van der Waals surface area contributed by atoms with Crippen LogP contribution >= 0.6 is 0 Å². The molecule has 1 amide bonds. The minimum absolute atomic E-state index is 0.395. The van der Waals surface area contributed by atoms with E-state index in [1.54, 1.807) is 10.7 Å². The number of nitrogens with zero attached hydrogens (tertiary/aromatic N) is 2. The van der Waals surface area contributed by atoms with Crippen molar-refractivity contribution in [3.63, 3.8) is 0 Å². The summed E-state index contributed by atoms with van der Waals surface area (Å²) in [5.74, 6) is -0.271. The second-order valence-electron chi connectivity index (χ2n) is 5.02. The van der Waals surface area contributed by atoms with E-state index in [0.29, 0.717) is 12.4 Å². The number of nitrogens with one attached hydrogen (secondary N) is 1. The number of alkyl halides is 3. The number of hydrogen-bond donors (Lipinski definition) is 1. The van der Waals surface area contributed by atoms with E-state index in [1.807, 2.05) is 31.2 Å². The first kappa shape index (κ1) is 17.0. The number of hydrogen-bond acceptors (Lipinski definition) is 3. The maximum atomic E-state index is 12.0. The van der Waals surface area contributed by atoms with Crippen LogP contribution in [0.4, 0.5) is 19.0 Å². The monoisotopic (exact) mass is 327 g/mol. The van der Waals surface area contributed by atoms with E-state index < -0.39 is 25.3 Å². The SMILES string of the molecule is Cc1cccc(Cn2nccc2NC(=O)COCC(F)(F)F)c1. The number of ether oxygens (including phenoxy) is 1. The number of aryl methyl sites for hydroxylation is 1. The lowest BCUT2D eigenvalue weighted by Crippen LogP contribution is -2.25. The summed E-state index contributed by atoms with van der Waals surface area (Å²) in [7, 11) is 0. The van der Waals surface area contributed by atoms with E-state index >= 15 is 0 Å². The fourth-order valence-corrected chi connectivity index (χ4v) is 1.99.